The normalized spacial score (nSPS) is 11.3. The maximum absolute atomic E-state index is 2.50. The highest BCUT2D eigenvalue weighted by Gasteiger charge is 2.09. The molecule has 0 saturated carbocycles. The average Bonchev–Trinajstić information content (AvgIpc) is 3.06. The summed E-state index contributed by atoms with van der Waals surface area (Å²) in [5, 5.41) is 0. The van der Waals surface area contributed by atoms with E-state index < -0.39 is 0 Å². The molecule has 240 valence electrons. The Morgan fingerprint density at radius 3 is 0.956 bits per heavy atom. The highest BCUT2D eigenvalue weighted by atomic mass is 14.9. The van der Waals surface area contributed by atoms with Crippen LogP contribution in [0.3, 0.4) is 0 Å². The molecule has 0 radical (unpaired) electrons. The van der Waals surface area contributed by atoms with Crippen molar-refractivity contribution in [1.29, 1.82) is 0 Å². The van der Waals surface area contributed by atoms with E-state index in [1.165, 1.54) is 110 Å². The van der Waals surface area contributed by atoms with Gasteiger partial charge in [0.25, 0.3) is 0 Å². The average molecular weight is 607 g/mol. The molecular weight excluding hydrogens is 546 g/mol. The molecule has 0 fully saturated rings. The number of aromatic nitrogens is 3. The molecule has 3 heterocycles. The number of aryl methyl sites for hydroxylation is 9. The molecule has 0 saturated heterocycles. The van der Waals surface area contributed by atoms with Crippen molar-refractivity contribution in [1.82, 2.24) is 0 Å². The molecule has 3 heteroatoms. The van der Waals surface area contributed by atoms with E-state index >= 15 is 0 Å². The van der Waals surface area contributed by atoms with Gasteiger partial charge < -0.3 is 0 Å². The molecule has 3 aromatic heterocycles. The van der Waals surface area contributed by atoms with Gasteiger partial charge in [0, 0.05) is 54.2 Å². The third-order valence-electron chi connectivity index (χ3n) is 8.97. The lowest BCUT2D eigenvalue weighted by atomic mass is 9.97. The molecule has 1 aromatic carbocycles. The zero-order valence-electron chi connectivity index (χ0n) is 28.7. The molecule has 3 nitrogen and oxygen atoms in total. The molecule has 0 aliphatic carbocycles. The smallest absolute Gasteiger partial charge is 0.171 e. The van der Waals surface area contributed by atoms with Crippen LogP contribution in [-0.4, -0.2) is 0 Å². The van der Waals surface area contributed by atoms with Crippen LogP contribution in [0.15, 0.2) is 91.8 Å². The van der Waals surface area contributed by atoms with Crippen molar-refractivity contribution in [3.05, 3.63) is 125 Å². The Hall–Kier alpha value is -3.33. The van der Waals surface area contributed by atoms with Crippen molar-refractivity contribution >= 4 is 0 Å². The maximum Gasteiger partial charge on any atom is 0.171 e. The van der Waals surface area contributed by atoms with E-state index in [1.54, 1.807) is 0 Å². The molecule has 0 N–H and O–H groups in total. The molecule has 4 aromatic rings. The van der Waals surface area contributed by atoms with Crippen LogP contribution >= 0.6 is 0 Å². The number of benzene rings is 1. The summed E-state index contributed by atoms with van der Waals surface area (Å²) in [6.45, 7) is 10.1. The van der Waals surface area contributed by atoms with Crippen LogP contribution in [0.5, 0.6) is 0 Å². The zero-order chi connectivity index (χ0) is 31.5. The fraction of sp³-hybridized carbons (Fsp3) is 0.500. The van der Waals surface area contributed by atoms with Gasteiger partial charge in [-0.05, 0) is 92.7 Å². The summed E-state index contributed by atoms with van der Waals surface area (Å²) in [6, 6.07) is 21.0. The number of nitrogens with zero attached hydrogens (tertiary/aromatic N) is 3. The summed E-state index contributed by atoms with van der Waals surface area (Å²) in [5.74, 6) is 0. The van der Waals surface area contributed by atoms with Crippen LogP contribution < -0.4 is 13.7 Å². The lowest BCUT2D eigenvalue weighted by Crippen LogP contribution is -2.33. The molecule has 0 bridgehead atoms. The van der Waals surface area contributed by atoms with E-state index in [0.29, 0.717) is 0 Å². The molecule has 0 spiro atoms. The van der Waals surface area contributed by atoms with E-state index in [1.807, 2.05) is 0 Å². The monoisotopic (exact) mass is 606 g/mol. The molecule has 0 unspecified atom stereocenters. The quantitative estimate of drug-likeness (QED) is 0.0844. The second-order valence-corrected chi connectivity index (χ2v) is 13.1. The molecular formula is C42H60N3+3. The van der Waals surface area contributed by atoms with Gasteiger partial charge >= 0.3 is 0 Å². The van der Waals surface area contributed by atoms with Crippen molar-refractivity contribution in [3.8, 4) is 0 Å². The summed E-state index contributed by atoms with van der Waals surface area (Å²) >= 11 is 0. The zero-order valence-corrected chi connectivity index (χ0v) is 28.7. The Morgan fingerprint density at radius 1 is 0.378 bits per heavy atom. The van der Waals surface area contributed by atoms with E-state index in [0.717, 1.165) is 38.9 Å². The topological polar surface area (TPSA) is 11.6 Å². The third-order valence-corrected chi connectivity index (χ3v) is 8.97. The summed E-state index contributed by atoms with van der Waals surface area (Å²) < 4.78 is 7.19. The number of hydrogen-bond donors (Lipinski definition) is 0. The van der Waals surface area contributed by atoms with Gasteiger partial charge in [0.2, 0.25) is 0 Å². The van der Waals surface area contributed by atoms with E-state index in [-0.39, 0.29) is 0 Å². The van der Waals surface area contributed by atoms with Gasteiger partial charge in [0.05, 0.1) is 0 Å². The van der Waals surface area contributed by atoms with E-state index in [2.05, 4.69) is 126 Å². The first-order valence-electron chi connectivity index (χ1n) is 18.2. The van der Waals surface area contributed by atoms with Crippen LogP contribution in [0.4, 0.5) is 0 Å². The summed E-state index contributed by atoms with van der Waals surface area (Å²) in [6.07, 6.45) is 31.8. The second kappa shape index (κ2) is 19.9. The van der Waals surface area contributed by atoms with Crippen LogP contribution in [-0.2, 0) is 58.2 Å². The van der Waals surface area contributed by atoms with Gasteiger partial charge in [0.1, 0.15) is 19.6 Å². The first-order chi connectivity index (χ1) is 22.1. The highest BCUT2D eigenvalue weighted by molar-refractivity contribution is 5.30. The number of hydrogen-bond acceptors (Lipinski definition) is 0. The first-order valence-corrected chi connectivity index (χ1v) is 18.2. The first kappa shape index (κ1) is 34.5. The number of unbranched alkanes of at least 4 members (excludes halogenated alkanes) is 3. The SMILES string of the molecule is CCCCc1ccc[n+](CCCc2cc(CCC[n+]3cccc(CCCC)c3)cc(CCC[n+]3cccc(CCCC)c3)c2)c1. The van der Waals surface area contributed by atoms with Crippen molar-refractivity contribution in [2.75, 3.05) is 0 Å². The summed E-state index contributed by atoms with van der Waals surface area (Å²) in [7, 11) is 0. The Labute approximate surface area is 275 Å². The standard InChI is InChI=1S/C42H60N3/c1-4-7-16-37-19-10-25-43(34-37)28-13-22-40-31-41(23-14-29-44-26-11-20-38(35-44)17-8-5-2)33-42(32-40)24-15-30-45-27-12-21-39(36-45)18-9-6-3/h10-12,19-21,25-27,31-36H,4-9,13-18,22-24,28-30H2,1-3H3/q+3. The van der Waals surface area contributed by atoms with E-state index in [9.17, 15) is 0 Å². The molecule has 0 aliphatic heterocycles. The molecule has 4 rings (SSSR count). The van der Waals surface area contributed by atoms with Crippen LogP contribution in [0.1, 0.15) is 112 Å². The predicted octanol–water partition coefficient (Wildman–Crippen LogP) is 8.48. The Morgan fingerprint density at radius 2 is 0.667 bits per heavy atom. The minimum atomic E-state index is 1.08. The van der Waals surface area contributed by atoms with Crippen molar-refractivity contribution < 1.29 is 13.7 Å². The van der Waals surface area contributed by atoms with Gasteiger partial charge in [-0.1, -0.05) is 58.2 Å². The minimum Gasteiger partial charge on any atom is -0.205 e. The summed E-state index contributed by atoms with van der Waals surface area (Å²) in [5.41, 5.74) is 8.92. The summed E-state index contributed by atoms with van der Waals surface area (Å²) in [4.78, 5) is 0. The molecule has 0 aliphatic rings. The molecule has 0 atom stereocenters. The fourth-order valence-corrected chi connectivity index (χ4v) is 6.40. The Kier molecular flexibility index (Phi) is 15.3. The minimum absolute atomic E-state index is 1.08. The molecule has 0 amide bonds. The number of pyridine rings is 3. The van der Waals surface area contributed by atoms with Gasteiger partial charge in [0.15, 0.2) is 37.2 Å². The lowest BCUT2D eigenvalue weighted by molar-refractivity contribution is -0.697. The van der Waals surface area contributed by atoms with E-state index in [4.69, 9.17) is 0 Å². The second-order valence-electron chi connectivity index (χ2n) is 13.1. The van der Waals surface area contributed by atoms with Gasteiger partial charge in [-0.3, -0.25) is 0 Å². The highest BCUT2D eigenvalue weighted by Crippen LogP contribution is 2.16. The van der Waals surface area contributed by atoms with Gasteiger partial charge in [-0.2, -0.15) is 0 Å². The predicted molar refractivity (Wildman–Crippen MR) is 187 cm³/mol. The number of rotatable bonds is 21. The van der Waals surface area contributed by atoms with Crippen LogP contribution in [0.2, 0.25) is 0 Å². The lowest BCUT2D eigenvalue weighted by Gasteiger charge is -2.10. The van der Waals surface area contributed by atoms with Crippen LogP contribution in [0.25, 0.3) is 0 Å². The van der Waals surface area contributed by atoms with Crippen molar-refractivity contribution in [2.24, 2.45) is 0 Å². The van der Waals surface area contributed by atoms with Gasteiger partial charge in [-0.15, -0.1) is 0 Å². The largest absolute Gasteiger partial charge is 0.205 e. The Bertz CT molecular complexity index is 1230. The third kappa shape index (κ3) is 12.9. The van der Waals surface area contributed by atoms with Crippen molar-refractivity contribution in [3.63, 3.8) is 0 Å². The van der Waals surface area contributed by atoms with Gasteiger partial charge in [-0.25, -0.2) is 13.7 Å². The Balaban J connectivity index is 1.38. The van der Waals surface area contributed by atoms with Crippen LogP contribution in [0, 0.1) is 0 Å². The maximum atomic E-state index is 2.50. The molecule has 45 heavy (non-hydrogen) atoms. The fourth-order valence-electron chi connectivity index (χ4n) is 6.40. The van der Waals surface area contributed by atoms with Crippen molar-refractivity contribution in [2.45, 2.75) is 137 Å².